The molecule has 3 nitrogen and oxygen atoms in total. The summed E-state index contributed by atoms with van der Waals surface area (Å²) in [6, 6.07) is 4.81. The minimum Gasteiger partial charge on any atom is -0.338 e. The Morgan fingerprint density at radius 3 is 2.86 bits per heavy atom. The summed E-state index contributed by atoms with van der Waals surface area (Å²) in [5.74, 6) is -0.238. The van der Waals surface area contributed by atoms with Crippen LogP contribution in [0.25, 0.3) is 0 Å². The third-order valence-electron chi connectivity index (χ3n) is 3.82. The molecule has 1 saturated heterocycles. The van der Waals surface area contributed by atoms with Gasteiger partial charge < -0.3 is 10.6 Å². The Hall–Kier alpha value is -0.650. The van der Waals surface area contributed by atoms with Crippen LogP contribution in [0.1, 0.15) is 31.7 Å². The predicted molar refractivity (Wildman–Crippen MR) is 88.1 cm³/mol. The molecule has 1 aromatic carbocycles. The van der Waals surface area contributed by atoms with Crippen LogP contribution in [0.2, 0.25) is 0 Å². The van der Waals surface area contributed by atoms with E-state index in [4.69, 9.17) is 5.73 Å². The molecule has 1 heterocycles. The summed E-state index contributed by atoms with van der Waals surface area (Å²) in [6.07, 6.45) is 3.42. The lowest BCUT2D eigenvalue weighted by Gasteiger charge is -2.38. The number of piperidine rings is 1. The summed E-state index contributed by atoms with van der Waals surface area (Å²) in [4.78, 5) is 14.3. The highest BCUT2D eigenvalue weighted by atomic mass is 79.9. The Morgan fingerprint density at radius 2 is 2.24 bits per heavy atom. The Kier molecular flexibility index (Phi) is 7.10. The van der Waals surface area contributed by atoms with Crippen LogP contribution in [0.5, 0.6) is 0 Å². The molecule has 0 bridgehead atoms. The molecule has 1 aliphatic rings. The van der Waals surface area contributed by atoms with Gasteiger partial charge in [-0.1, -0.05) is 6.07 Å². The largest absolute Gasteiger partial charge is 0.338 e. The van der Waals surface area contributed by atoms with Crippen molar-refractivity contribution in [2.45, 2.75) is 44.7 Å². The molecule has 1 amide bonds. The molecule has 21 heavy (non-hydrogen) atoms. The summed E-state index contributed by atoms with van der Waals surface area (Å²) in [5, 5.41) is 0. The summed E-state index contributed by atoms with van der Waals surface area (Å²) in [6.45, 7) is 2.72. The van der Waals surface area contributed by atoms with Crippen LogP contribution in [-0.2, 0) is 11.2 Å². The summed E-state index contributed by atoms with van der Waals surface area (Å²) in [7, 11) is 0. The fourth-order valence-electron chi connectivity index (χ4n) is 2.74. The second kappa shape index (κ2) is 8.11. The van der Waals surface area contributed by atoms with E-state index in [1.165, 1.54) is 6.07 Å². The number of hydrogen-bond donors (Lipinski definition) is 1. The molecule has 0 aromatic heterocycles. The Morgan fingerprint density at radius 1 is 1.52 bits per heavy atom. The number of halogens is 3. The smallest absolute Gasteiger partial charge is 0.227 e. The topological polar surface area (TPSA) is 46.3 Å². The maximum absolute atomic E-state index is 13.2. The summed E-state index contributed by atoms with van der Waals surface area (Å²) in [5.41, 5.74) is 6.80. The van der Waals surface area contributed by atoms with Crippen LogP contribution in [0.3, 0.4) is 0 Å². The molecule has 1 aromatic rings. The first kappa shape index (κ1) is 18.4. The van der Waals surface area contributed by atoms with E-state index in [1.54, 1.807) is 12.1 Å². The van der Waals surface area contributed by atoms with E-state index in [-0.39, 0.29) is 36.2 Å². The van der Waals surface area contributed by atoms with E-state index in [2.05, 4.69) is 15.9 Å². The fraction of sp³-hybridized carbons (Fsp3) is 0.533. The molecule has 6 heteroatoms. The molecule has 2 N–H and O–H groups in total. The number of hydrogen-bond acceptors (Lipinski definition) is 2. The predicted octanol–water partition coefficient (Wildman–Crippen LogP) is 3.28. The molecular weight excluding hydrogens is 359 g/mol. The second-order valence-electron chi connectivity index (χ2n) is 5.43. The molecule has 2 atom stereocenters. The molecular formula is C15H21BrClFN2O. The standard InChI is InChI=1S/C15H20BrFN2O.ClH/c1-10(18)14-4-2-3-7-19(14)15(20)9-11-5-6-13(17)12(16)8-11;/h5-6,8,10,14H,2-4,7,9,18H2,1H3;1H. The number of nitrogens with two attached hydrogens (primary N) is 1. The molecule has 118 valence electrons. The first-order valence-corrected chi connectivity index (χ1v) is 7.77. The monoisotopic (exact) mass is 378 g/mol. The van der Waals surface area contributed by atoms with Gasteiger partial charge in [0.25, 0.3) is 0 Å². The van der Waals surface area contributed by atoms with Crippen LogP contribution in [0, 0.1) is 5.82 Å². The van der Waals surface area contributed by atoms with Gasteiger partial charge in [0.2, 0.25) is 5.91 Å². The number of carbonyl (C=O) groups is 1. The van der Waals surface area contributed by atoms with Gasteiger partial charge in [-0.05, 0) is 59.8 Å². The molecule has 1 aliphatic heterocycles. The highest BCUT2D eigenvalue weighted by Gasteiger charge is 2.28. The first-order chi connectivity index (χ1) is 9.49. The van der Waals surface area contributed by atoms with Crippen molar-refractivity contribution in [1.82, 2.24) is 4.90 Å². The zero-order chi connectivity index (χ0) is 14.7. The van der Waals surface area contributed by atoms with Crippen LogP contribution >= 0.6 is 28.3 Å². The lowest BCUT2D eigenvalue weighted by atomic mass is 9.96. The highest BCUT2D eigenvalue weighted by molar-refractivity contribution is 9.10. The van der Waals surface area contributed by atoms with Gasteiger partial charge in [0.15, 0.2) is 0 Å². The van der Waals surface area contributed by atoms with Crippen molar-refractivity contribution in [2.24, 2.45) is 5.73 Å². The summed E-state index contributed by atoms with van der Waals surface area (Å²) >= 11 is 3.15. The van der Waals surface area contributed by atoms with Crippen LogP contribution < -0.4 is 5.73 Å². The number of rotatable bonds is 3. The number of carbonyl (C=O) groups excluding carboxylic acids is 1. The van der Waals surface area contributed by atoms with Gasteiger partial charge in [0.05, 0.1) is 10.9 Å². The van der Waals surface area contributed by atoms with Crippen LogP contribution in [-0.4, -0.2) is 29.4 Å². The van der Waals surface area contributed by atoms with Crippen molar-refractivity contribution < 1.29 is 9.18 Å². The molecule has 2 unspecified atom stereocenters. The molecule has 0 radical (unpaired) electrons. The number of amides is 1. The zero-order valence-electron chi connectivity index (χ0n) is 12.0. The average Bonchev–Trinajstić information content (AvgIpc) is 2.43. The summed E-state index contributed by atoms with van der Waals surface area (Å²) < 4.78 is 13.6. The van der Waals surface area contributed by atoms with Crippen molar-refractivity contribution in [2.75, 3.05) is 6.54 Å². The van der Waals surface area contributed by atoms with E-state index in [0.29, 0.717) is 10.9 Å². The van der Waals surface area contributed by atoms with Crippen LogP contribution in [0.4, 0.5) is 4.39 Å². The molecule has 0 aliphatic carbocycles. The number of likely N-dealkylation sites (tertiary alicyclic amines) is 1. The SMILES string of the molecule is CC(N)C1CCCCN1C(=O)Cc1ccc(F)c(Br)c1.Cl. The lowest BCUT2D eigenvalue weighted by molar-refractivity contribution is -0.134. The molecule has 2 rings (SSSR count). The third-order valence-corrected chi connectivity index (χ3v) is 4.42. The van der Waals surface area contributed by atoms with E-state index in [0.717, 1.165) is 31.4 Å². The lowest BCUT2D eigenvalue weighted by Crippen LogP contribution is -2.52. The average molecular weight is 380 g/mol. The van der Waals surface area contributed by atoms with Gasteiger partial charge in [-0.15, -0.1) is 12.4 Å². The minimum absolute atomic E-state index is 0. The quantitative estimate of drug-likeness (QED) is 0.876. The van der Waals surface area contributed by atoms with Crippen molar-refractivity contribution >= 4 is 34.2 Å². The third kappa shape index (κ3) is 4.66. The fourth-order valence-corrected chi connectivity index (χ4v) is 3.17. The minimum atomic E-state index is -0.312. The van der Waals surface area contributed by atoms with Gasteiger partial charge in [0.1, 0.15) is 5.82 Å². The van der Waals surface area contributed by atoms with Gasteiger partial charge in [-0.25, -0.2) is 4.39 Å². The molecule has 1 fully saturated rings. The Balaban J connectivity index is 0.00000220. The van der Waals surface area contributed by atoms with E-state index >= 15 is 0 Å². The Labute approximate surface area is 139 Å². The van der Waals surface area contributed by atoms with Crippen molar-refractivity contribution in [3.05, 3.63) is 34.1 Å². The van der Waals surface area contributed by atoms with Gasteiger partial charge in [-0.3, -0.25) is 4.79 Å². The van der Waals surface area contributed by atoms with Crippen molar-refractivity contribution in [3.63, 3.8) is 0 Å². The highest BCUT2D eigenvalue weighted by Crippen LogP contribution is 2.22. The molecule has 0 spiro atoms. The van der Waals surface area contributed by atoms with Gasteiger partial charge >= 0.3 is 0 Å². The van der Waals surface area contributed by atoms with Crippen molar-refractivity contribution in [3.8, 4) is 0 Å². The first-order valence-electron chi connectivity index (χ1n) is 6.98. The van der Waals surface area contributed by atoms with E-state index in [9.17, 15) is 9.18 Å². The van der Waals surface area contributed by atoms with Gasteiger partial charge in [0, 0.05) is 18.6 Å². The Bertz CT molecular complexity index is 499. The maximum Gasteiger partial charge on any atom is 0.227 e. The maximum atomic E-state index is 13.2. The zero-order valence-corrected chi connectivity index (χ0v) is 14.4. The van der Waals surface area contributed by atoms with Crippen LogP contribution in [0.15, 0.2) is 22.7 Å². The van der Waals surface area contributed by atoms with E-state index < -0.39 is 0 Å². The number of benzene rings is 1. The molecule has 0 saturated carbocycles. The number of nitrogens with zero attached hydrogens (tertiary/aromatic N) is 1. The second-order valence-corrected chi connectivity index (χ2v) is 6.29. The van der Waals surface area contributed by atoms with Crippen molar-refractivity contribution in [1.29, 1.82) is 0 Å². The van der Waals surface area contributed by atoms with E-state index in [1.807, 2.05) is 11.8 Å². The van der Waals surface area contributed by atoms with Gasteiger partial charge in [-0.2, -0.15) is 0 Å². The normalized spacial score (nSPS) is 19.8.